The van der Waals surface area contributed by atoms with Crippen LogP contribution < -0.4 is 4.74 Å². The maximum absolute atomic E-state index is 13.3. The number of nitrogens with zero attached hydrogens (tertiary/aromatic N) is 4. The molecule has 4 aromatic rings. The summed E-state index contributed by atoms with van der Waals surface area (Å²) in [5.74, 6) is -0.523. The van der Waals surface area contributed by atoms with Crippen LogP contribution >= 0.6 is 0 Å². The summed E-state index contributed by atoms with van der Waals surface area (Å²) in [4.78, 5) is 7.75. The van der Waals surface area contributed by atoms with Crippen LogP contribution in [0.1, 0.15) is 5.56 Å². The zero-order valence-corrected chi connectivity index (χ0v) is 16.1. The fourth-order valence-corrected chi connectivity index (χ4v) is 4.38. The molecule has 0 aliphatic heterocycles. The van der Waals surface area contributed by atoms with Crippen molar-refractivity contribution < 1.29 is 26.3 Å². The van der Waals surface area contributed by atoms with Crippen LogP contribution in [-0.4, -0.2) is 34.5 Å². The second kappa shape index (κ2) is 7.10. The van der Waals surface area contributed by atoms with Gasteiger partial charge in [-0.1, -0.05) is 11.6 Å². The predicted octanol–water partition coefficient (Wildman–Crippen LogP) is 3.86. The Bertz CT molecular complexity index is 1320. The molecule has 2 aromatic heterocycles. The Hall–Kier alpha value is -3.47. The SMILES string of the molecule is Cc1ccc2ncc(S(=O)(=O)c3ccc(OC(F)(F)F)cc3)c(-n3cncn3)c2c1. The van der Waals surface area contributed by atoms with Crippen LogP contribution in [0, 0.1) is 6.92 Å². The van der Waals surface area contributed by atoms with Gasteiger partial charge in [-0.3, -0.25) is 4.98 Å². The molecule has 30 heavy (non-hydrogen) atoms. The Labute approximate surface area is 168 Å². The number of aryl methyl sites for hydroxylation is 1. The van der Waals surface area contributed by atoms with Crippen LogP contribution in [0.4, 0.5) is 13.2 Å². The quantitative estimate of drug-likeness (QED) is 0.485. The third-order valence-corrected chi connectivity index (χ3v) is 6.04. The van der Waals surface area contributed by atoms with Gasteiger partial charge in [0.2, 0.25) is 9.84 Å². The molecule has 0 amide bonds. The highest BCUT2D eigenvalue weighted by atomic mass is 32.2. The molecule has 154 valence electrons. The summed E-state index contributed by atoms with van der Waals surface area (Å²) >= 11 is 0. The molecule has 2 aromatic carbocycles. The largest absolute Gasteiger partial charge is 0.573 e. The maximum atomic E-state index is 13.3. The topological polar surface area (TPSA) is 87.0 Å². The van der Waals surface area contributed by atoms with Gasteiger partial charge < -0.3 is 4.74 Å². The molecule has 0 fully saturated rings. The number of fused-ring (bicyclic) bond motifs is 1. The second-order valence-electron chi connectivity index (χ2n) is 6.35. The Morgan fingerprint density at radius 2 is 1.80 bits per heavy atom. The summed E-state index contributed by atoms with van der Waals surface area (Å²) in [6, 6.07) is 9.34. The molecule has 0 bridgehead atoms. The van der Waals surface area contributed by atoms with Crippen LogP contribution in [0.15, 0.2) is 71.1 Å². The van der Waals surface area contributed by atoms with Crippen molar-refractivity contribution in [2.75, 3.05) is 0 Å². The highest BCUT2D eigenvalue weighted by molar-refractivity contribution is 7.91. The van der Waals surface area contributed by atoms with Crippen molar-refractivity contribution in [2.24, 2.45) is 0 Å². The summed E-state index contributed by atoms with van der Waals surface area (Å²) in [5, 5.41) is 4.60. The summed E-state index contributed by atoms with van der Waals surface area (Å²) in [6.07, 6.45) is -1.05. The number of pyridine rings is 1. The number of benzene rings is 2. The van der Waals surface area contributed by atoms with Crippen molar-refractivity contribution in [2.45, 2.75) is 23.1 Å². The fraction of sp³-hybridized carbons (Fsp3) is 0.105. The highest BCUT2D eigenvalue weighted by Gasteiger charge is 2.31. The molecule has 0 saturated carbocycles. The zero-order valence-electron chi connectivity index (χ0n) is 15.3. The molecular weight excluding hydrogens is 421 g/mol. The molecule has 0 saturated heterocycles. The second-order valence-corrected chi connectivity index (χ2v) is 8.27. The number of halogens is 3. The van der Waals surface area contributed by atoms with Gasteiger partial charge in [0.05, 0.1) is 16.1 Å². The Balaban J connectivity index is 1.89. The van der Waals surface area contributed by atoms with E-state index in [1.54, 1.807) is 12.1 Å². The monoisotopic (exact) mass is 434 g/mol. The Morgan fingerprint density at radius 1 is 1.07 bits per heavy atom. The van der Waals surface area contributed by atoms with Crippen LogP contribution in [0.5, 0.6) is 5.75 Å². The van der Waals surface area contributed by atoms with Crippen LogP contribution in [-0.2, 0) is 9.84 Å². The van der Waals surface area contributed by atoms with Crippen molar-refractivity contribution in [3.8, 4) is 11.4 Å². The summed E-state index contributed by atoms with van der Waals surface area (Å²) < 4.78 is 68.8. The van der Waals surface area contributed by atoms with E-state index < -0.39 is 21.9 Å². The smallest absolute Gasteiger partial charge is 0.406 e. The molecule has 11 heteroatoms. The van der Waals surface area contributed by atoms with Crippen LogP contribution in [0.2, 0.25) is 0 Å². The van der Waals surface area contributed by atoms with E-state index in [-0.39, 0.29) is 15.5 Å². The molecule has 0 aliphatic carbocycles. The first-order chi connectivity index (χ1) is 14.1. The van der Waals surface area contributed by atoms with E-state index >= 15 is 0 Å². The Morgan fingerprint density at radius 3 is 2.43 bits per heavy atom. The molecule has 0 aliphatic rings. The molecule has 4 rings (SSSR count). The van der Waals surface area contributed by atoms with Crippen molar-refractivity contribution in [3.05, 3.63) is 66.9 Å². The molecular formula is C19H13F3N4O3S. The first kappa shape index (κ1) is 19.8. The minimum absolute atomic E-state index is 0.157. The van der Waals surface area contributed by atoms with Gasteiger partial charge in [-0.15, -0.1) is 13.2 Å². The van der Waals surface area contributed by atoms with Gasteiger partial charge in [0.25, 0.3) is 0 Å². The number of rotatable bonds is 4. The zero-order chi connectivity index (χ0) is 21.5. The summed E-state index contributed by atoms with van der Waals surface area (Å²) in [5.41, 5.74) is 1.68. The summed E-state index contributed by atoms with van der Waals surface area (Å²) in [6.45, 7) is 1.85. The van der Waals surface area contributed by atoms with Crippen molar-refractivity contribution in [3.63, 3.8) is 0 Å². The van der Waals surface area contributed by atoms with E-state index in [0.29, 0.717) is 10.9 Å². The molecule has 0 radical (unpaired) electrons. The lowest BCUT2D eigenvalue weighted by Gasteiger charge is -2.14. The van der Waals surface area contributed by atoms with E-state index in [2.05, 4.69) is 19.8 Å². The number of sulfone groups is 1. The lowest BCUT2D eigenvalue weighted by molar-refractivity contribution is -0.274. The van der Waals surface area contributed by atoms with E-state index in [9.17, 15) is 21.6 Å². The average molecular weight is 434 g/mol. The lowest BCUT2D eigenvalue weighted by Crippen LogP contribution is -2.17. The molecule has 7 nitrogen and oxygen atoms in total. The average Bonchev–Trinajstić information content (AvgIpc) is 3.20. The minimum Gasteiger partial charge on any atom is -0.406 e. The standard InChI is InChI=1S/C19H13F3N4O3S/c1-12-2-7-16-15(8-12)18(26-11-23-10-25-26)17(9-24-16)30(27,28)14-5-3-13(4-6-14)29-19(20,21)22/h2-11H,1H3. The van der Waals surface area contributed by atoms with Gasteiger partial charge in [-0.05, 0) is 43.3 Å². The summed E-state index contributed by atoms with van der Waals surface area (Å²) in [7, 11) is -4.15. The third kappa shape index (κ3) is 3.71. The molecule has 0 spiro atoms. The van der Waals surface area contributed by atoms with Crippen LogP contribution in [0.25, 0.3) is 16.6 Å². The predicted molar refractivity (Wildman–Crippen MR) is 100.0 cm³/mol. The fourth-order valence-electron chi connectivity index (χ4n) is 2.98. The molecule has 0 unspecified atom stereocenters. The molecule has 2 heterocycles. The van der Waals surface area contributed by atoms with Crippen LogP contribution in [0.3, 0.4) is 0 Å². The van der Waals surface area contributed by atoms with E-state index in [4.69, 9.17) is 0 Å². The molecule has 0 atom stereocenters. The normalized spacial score (nSPS) is 12.3. The maximum Gasteiger partial charge on any atom is 0.573 e. The number of alkyl halides is 3. The number of hydrogen-bond donors (Lipinski definition) is 0. The van der Waals surface area contributed by atoms with Crippen molar-refractivity contribution in [1.82, 2.24) is 19.7 Å². The highest BCUT2D eigenvalue weighted by Crippen LogP contribution is 2.33. The number of ether oxygens (including phenoxy) is 1. The number of hydrogen-bond acceptors (Lipinski definition) is 6. The third-order valence-electron chi connectivity index (χ3n) is 4.27. The van der Waals surface area contributed by atoms with Gasteiger partial charge in [0.1, 0.15) is 23.3 Å². The van der Waals surface area contributed by atoms with Crippen molar-refractivity contribution in [1.29, 1.82) is 0 Å². The van der Waals surface area contributed by atoms with E-state index in [1.165, 1.54) is 23.5 Å². The van der Waals surface area contributed by atoms with Gasteiger partial charge in [0.15, 0.2) is 0 Å². The number of aromatic nitrogens is 4. The lowest BCUT2D eigenvalue weighted by atomic mass is 10.1. The van der Waals surface area contributed by atoms with Gasteiger partial charge >= 0.3 is 6.36 Å². The van der Waals surface area contributed by atoms with Crippen molar-refractivity contribution >= 4 is 20.7 Å². The Kier molecular flexibility index (Phi) is 4.69. The first-order valence-electron chi connectivity index (χ1n) is 8.50. The van der Waals surface area contributed by atoms with Gasteiger partial charge in [0, 0.05) is 11.6 Å². The molecule has 0 N–H and O–H groups in total. The minimum atomic E-state index is -4.87. The van der Waals surface area contributed by atoms with E-state index in [1.807, 2.05) is 13.0 Å². The first-order valence-corrected chi connectivity index (χ1v) is 9.99. The van der Waals surface area contributed by atoms with Gasteiger partial charge in [-0.2, -0.15) is 5.10 Å². The van der Waals surface area contributed by atoms with E-state index in [0.717, 1.165) is 29.8 Å². The van der Waals surface area contributed by atoms with Gasteiger partial charge in [-0.25, -0.2) is 18.1 Å².